The molecule has 6 nitrogen and oxygen atoms in total. The number of aliphatic hydroxyl groups is 1. The Bertz CT molecular complexity index is 977. The molecule has 0 bridgehead atoms. The van der Waals surface area contributed by atoms with E-state index in [1.54, 1.807) is 24.3 Å². The predicted molar refractivity (Wildman–Crippen MR) is 117 cm³/mol. The van der Waals surface area contributed by atoms with E-state index >= 15 is 0 Å². The summed E-state index contributed by atoms with van der Waals surface area (Å²) in [5.74, 6) is 0.659. The summed E-state index contributed by atoms with van der Waals surface area (Å²) < 4.78 is 9.53. The standard InChI is InChI=1S/C22H29ClN4O2/c1-3-25(4-2)13-14-26-20-7-5-6-8-21(20)27(22(26)24)15-18(28)16-29-19-11-9-17(23)10-12-19/h5-12,18,24,28H,3-4,13-16H2,1-2H3. The SMILES string of the molecule is CCN(CC)CCn1c(=N)n(CC(O)COc2ccc(Cl)cc2)c2ccccc21. The first-order valence-corrected chi connectivity index (χ1v) is 10.4. The number of hydrogen-bond acceptors (Lipinski definition) is 4. The second kappa shape index (κ2) is 9.96. The van der Waals surface area contributed by atoms with Crippen molar-refractivity contribution in [1.29, 1.82) is 5.41 Å². The first-order valence-electron chi connectivity index (χ1n) is 10.0. The van der Waals surface area contributed by atoms with Crippen molar-refractivity contribution >= 4 is 22.6 Å². The number of nitrogens with one attached hydrogen (secondary N) is 1. The fourth-order valence-corrected chi connectivity index (χ4v) is 3.60. The van der Waals surface area contributed by atoms with Crippen LogP contribution in [-0.2, 0) is 13.1 Å². The van der Waals surface area contributed by atoms with Gasteiger partial charge in [0.05, 0.1) is 17.6 Å². The zero-order valence-corrected chi connectivity index (χ0v) is 17.8. The molecule has 7 heteroatoms. The Balaban J connectivity index is 1.75. The number of fused-ring (bicyclic) bond motifs is 1. The molecule has 0 spiro atoms. The van der Waals surface area contributed by atoms with Crippen molar-refractivity contribution in [1.82, 2.24) is 14.0 Å². The van der Waals surface area contributed by atoms with Crippen LogP contribution in [0, 0.1) is 5.41 Å². The van der Waals surface area contributed by atoms with Gasteiger partial charge in [0.1, 0.15) is 18.5 Å². The van der Waals surface area contributed by atoms with Crippen LogP contribution in [0.4, 0.5) is 0 Å². The lowest BCUT2D eigenvalue weighted by Gasteiger charge is -2.18. The summed E-state index contributed by atoms with van der Waals surface area (Å²) in [5, 5.41) is 19.9. The predicted octanol–water partition coefficient (Wildman–Crippen LogP) is 3.36. The van der Waals surface area contributed by atoms with E-state index < -0.39 is 6.10 Å². The van der Waals surface area contributed by atoms with E-state index in [1.807, 2.05) is 33.4 Å². The van der Waals surface area contributed by atoms with Crippen LogP contribution in [0.15, 0.2) is 48.5 Å². The van der Waals surface area contributed by atoms with Crippen LogP contribution in [0.25, 0.3) is 11.0 Å². The van der Waals surface area contributed by atoms with Crippen LogP contribution in [0.5, 0.6) is 5.75 Å². The van der Waals surface area contributed by atoms with E-state index in [1.165, 1.54) is 0 Å². The average Bonchev–Trinajstić information content (AvgIpc) is 3.00. The first kappa shape index (κ1) is 21.4. The van der Waals surface area contributed by atoms with Crippen molar-refractivity contribution in [3.63, 3.8) is 0 Å². The lowest BCUT2D eigenvalue weighted by Crippen LogP contribution is -2.34. The fraction of sp³-hybridized carbons (Fsp3) is 0.409. The largest absolute Gasteiger partial charge is 0.491 e. The third-order valence-electron chi connectivity index (χ3n) is 5.16. The zero-order chi connectivity index (χ0) is 20.8. The third kappa shape index (κ3) is 5.21. The molecular weight excluding hydrogens is 388 g/mol. The second-order valence-electron chi connectivity index (χ2n) is 7.02. The molecule has 156 valence electrons. The molecule has 0 saturated carbocycles. The van der Waals surface area contributed by atoms with Crippen LogP contribution in [0.2, 0.25) is 5.02 Å². The molecule has 2 N–H and O–H groups in total. The molecule has 3 rings (SSSR count). The summed E-state index contributed by atoms with van der Waals surface area (Å²) in [6.07, 6.45) is -0.734. The van der Waals surface area contributed by atoms with Gasteiger partial charge >= 0.3 is 0 Å². The number of aliphatic hydroxyl groups excluding tert-OH is 1. The Hall–Kier alpha value is -2.28. The molecule has 0 aliphatic carbocycles. The summed E-state index contributed by atoms with van der Waals surface area (Å²) in [4.78, 5) is 2.34. The van der Waals surface area contributed by atoms with Crippen molar-refractivity contribution < 1.29 is 9.84 Å². The van der Waals surface area contributed by atoms with Gasteiger partial charge in [-0.2, -0.15) is 0 Å². The van der Waals surface area contributed by atoms with Crippen molar-refractivity contribution in [2.24, 2.45) is 0 Å². The van der Waals surface area contributed by atoms with Crippen molar-refractivity contribution in [2.45, 2.75) is 33.0 Å². The average molecular weight is 417 g/mol. The van der Waals surface area contributed by atoms with Gasteiger partial charge in [-0.05, 0) is 49.5 Å². The van der Waals surface area contributed by atoms with Gasteiger partial charge in [-0.25, -0.2) is 0 Å². The molecule has 1 unspecified atom stereocenters. The summed E-state index contributed by atoms with van der Waals surface area (Å²) in [6, 6.07) is 15.0. The smallest absolute Gasteiger partial charge is 0.203 e. The number of hydrogen-bond donors (Lipinski definition) is 2. The summed E-state index contributed by atoms with van der Waals surface area (Å²) >= 11 is 5.89. The Morgan fingerprint density at radius 3 is 2.28 bits per heavy atom. The topological polar surface area (TPSA) is 66.4 Å². The number of likely N-dealkylation sites (N-methyl/N-ethyl adjacent to an activating group) is 1. The third-order valence-corrected chi connectivity index (χ3v) is 5.41. The maximum atomic E-state index is 10.5. The fourth-order valence-electron chi connectivity index (χ4n) is 3.47. The van der Waals surface area contributed by atoms with E-state index in [0.29, 0.717) is 22.9 Å². The normalized spacial score (nSPS) is 12.6. The quantitative estimate of drug-likeness (QED) is 0.532. The van der Waals surface area contributed by atoms with Crippen molar-refractivity contribution in [2.75, 3.05) is 26.2 Å². The number of nitrogens with zero attached hydrogens (tertiary/aromatic N) is 3. The molecule has 2 aromatic carbocycles. The highest BCUT2D eigenvalue weighted by Gasteiger charge is 2.15. The summed E-state index contributed by atoms with van der Waals surface area (Å²) in [6.45, 7) is 8.35. The highest BCUT2D eigenvalue weighted by molar-refractivity contribution is 6.30. The molecule has 0 aliphatic heterocycles. The van der Waals surface area contributed by atoms with E-state index in [4.69, 9.17) is 21.7 Å². The van der Waals surface area contributed by atoms with Gasteiger partial charge in [0.15, 0.2) is 0 Å². The maximum absolute atomic E-state index is 10.5. The van der Waals surface area contributed by atoms with Crippen LogP contribution in [-0.4, -0.2) is 51.5 Å². The number of rotatable bonds is 10. The molecule has 0 saturated heterocycles. The number of imidazole rings is 1. The van der Waals surface area contributed by atoms with Crippen LogP contribution in [0.1, 0.15) is 13.8 Å². The number of para-hydroxylation sites is 2. The molecule has 1 aromatic heterocycles. The van der Waals surface area contributed by atoms with Crippen LogP contribution in [0.3, 0.4) is 0 Å². The lowest BCUT2D eigenvalue weighted by molar-refractivity contribution is 0.0920. The number of aromatic nitrogens is 2. The molecule has 3 aromatic rings. The van der Waals surface area contributed by atoms with Crippen molar-refractivity contribution in [3.05, 3.63) is 59.2 Å². The molecule has 0 amide bonds. The minimum atomic E-state index is -0.734. The Morgan fingerprint density at radius 1 is 1.03 bits per heavy atom. The molecule has 0 aliphatic rings. The first-order chi connectivity index (χ1) is 14.0. The van der Waals surface area contributed by atoms with E-state index in [0.717, 1.165) is 37.2 Å². The minimum absolute atomic E-state index is 0.146. The van der Waals surface area contributed by atoms with E-state index in [9.17, 15) is 5.11 Å². The maximum Gasteiger partial charge on any atom is 0.203 e. The molecule has 1 heterocycles. The Kier molecular flexibility index (Phi) is 7.36. The van der Waals surface area contributed by atoms with Gasteiger partial charge in [-0.3, -0.25) is 5.41 Å². The van der Waals surface area contributed by atoms with Gasteiger partial charge in [0, 0.05) is 18.1 Å². The Labute approximate surface area is 176 Å². The van der Waals surface area contributed by atoms with Crippen molar-refractivity contribution in [3.8, 4) is 5.75 Å². The van der Waals surface area contributed by atoms with Crippen LogP contribution < -0.4 is 10.4 Å². The van der Waals surface area contributed by atoms with E-state index in [-0.39, 0.29) is 6.61 Å². The van der Waals surface area contributed by atoms with Gasteiger partial charge in [-0.15, -0.1) is 0 Å². The Morgan fingerprint density at radius 2 is 1.66 bits per heavy atom. The van der Waals surface area contributed by atoms with Gasteiger partial charge < -0.3 is 23.9 Å². The second-order valence-corrected chi connectivity index (χ2v) is 7.46. The van der Waals surface area contributed by atoms with Gasteiger partial charge in [-0.1, -0.05) is 37.6 Å². The number of benzene rings is 2. The molecule has 0 radical (unpaired) electrons. The minimum Gasteiger partial charge on any atom is -0.491 e. The molecule has 1 atom stereocenters. The molecule has 0 fully saturated rings. The van der Waals surface area contributed by atoms with E-state index in [2.05, 4.69) is 18.7 Å². The zero-order valence-electron chi connectivity index (χ0n) is 17.0. The lowest BCUT2D eigenvalue weighted by atomic mass is 10.3. The van der Waals surface area contributed by atoms with Crippen LogP contribution >= 0.6 is 11.6 Å². The highest BCUT2D eigenvalue weighted by Crippen LogP contribution is 2.17. The van der Waals surface area contributed by atoms with Gasteiger partial charge in [0.2, 0.25) is 5.62 Å². The summed E-state index contributed by atoms with van der Waals surface area (Å²) in [5.41, 5.74) is 2.35. The highest BCUT2D eigenvalue weighted by atomic mass is 35.5. The molecular formula is C22H29ClN4O2. The summed E-state index contributed by atoms with van der Waals surface area (Å²) in [7, 11) is 0. The number of ether oxygens (including phenoxy) is 1. The molecule has 29 heavy (non-hydrogen) atoms. The van der Waals surface area contributed by atoms with Gasteiger partial charge in [0.25, 0.3) is 0 Å². The monoisotopic (exact) mass is 416 g/mol. The number of halogens is 1.